The Hall–Kier alpha value is -4.32. The molecule has 0 amide bonds. The number of aromatic amines is 1. The smallest absolute Gasteiger partial charge is 0.269 e. The summed E-state index contributed by atoms with van der Waals surface area (Å²) < 4.78 is 13.3. The summed E-state index contributed by atoms with van der Waals surface area (Å²) in [4.78, 5) is 20.5. The molecule has 0 bridgehead atoms. The van der Waals surface area contributed by atoms with Crippen molar-refractivity contribution in [3.63, 3.8) is 0 Å². The Morgan fingerprint density at radius 2 is 1.74 bits per heavy atom. The zero-order valence-corrected chi connectivity index (χ0v) is 18.9. The van der Waals surface area contributed by atoms with Crippen LogP contribution in [0.2, 0.25) is 0 Å². The SMILES string of the molecule is COc1ncc(=O)n(Cc2cccc(OCc3ccccc3)c2)c1Cc1c[nH]c2ccccc12. The minimum Gasteiger partial charge on any atom is -0.489 e. The number of nitrogens with one attached hydrogen (secondary N) is 1. The van der Waals surface area contributed by atoms with Crippen molar-refractivity contribution in [2.24, 2.45) is 0 Å². The maximum Gasteiger partial charge on any atom is 0.269 e. The quantitative estimate of drug-likeness (QED) is 0.362. The van der Waals surface area contributed by atoms with Crippen LogP contribution in [0, 0.1) is 0 Å². The first-order valence-corrected chi connectivity index (χ1v) is 11.1. The van der Waals surface area contributed by atoms with Crippen molar-refractivity contribution in [3.8, 4) is 11.6 Å². The molecule has 2 aromatic heterocycles. The summed E-state index contributed by atoms with van der Waals surface area (Å²) >= 11 is 0. The standard InChI is InChI=1S/C28H25N3O3/c1-33-28-26(15-22-16-29-25-13-6-5-12-24(22)25)31(27(32)17-30-28)18-21-10-7-11-23(14-21)34-19-20-8-3-2-4-9-20/h2-14,16-17,29H,15,18-19H2,1H3. The van der Waals surface area contributed by atoms with E-state index in [9.17, 15) is 4.79 Å². The molecule has 0 unspecified atom stereocenters. The number of hydrogen-bond acceptors (Lipinski definition) is 4. The molecular formula is C28H25N3O3. The molecule has 0 spiro atoms. The van der Waals surface area contributed by atoms with E-state index in [0.717, 1.165) is 39.0 Å². The van der Waals surface area contributed by atoms with Gasteiger partial charge in [0.2, 0.25) is 5.88 Å². The molecule has 1 N–H and O–H groups in total. The highest BCUT2D eigenvalue weighted by atomic mass is 16.5. The van der Waals surface area contributed by atoms with E-state index in [4.69, 9.17) is 9.47 Å². The van der Waals surface area contributed by atoms with Crippen molar-refractivity contribution in [2.45, 2.75) is 19.6 Å². The fourth-order valence-electron chi connectivity index (χ4n) is 4.14. The van der Waals surface area contributed by atoms with Gasteiger partial charge in [-0.2, -0.15) is 0 Å². The number of ether oxygens (including phenoxy) is 2. The van der Waals surface area contributed by atoms with Crippen LogP contribution < -0.4 is 15.0 Å². The van der Waals surface area contributed by atoms with Crippen molar-refractivity contribution >= 4 is 10.9 Å². The Morgan fingerprint density at radius 3 is 2.59 bits per heavy atom. The summed E-state index contributed by atoms with van der Waals surface area (Å²) in [5.41, 5.74) is 4.75. The Morgan fingerprint density at radius 1 is 0.941 bits per heavy atom. The molecule has 0 atom stereocenters. The second-order valence-corrected chi connectivity index (χ2v) is 8.10. The van der Waals surface area contributed by atoms with Crippen LogP contribution >= 0.6 is 0 Å². The first-order valence-electron chi connectivity index (χ1n) is 11.1. The summed E-state index contributed by atoms with van der Waals surface area (Å²) in [7, 11) is 1.58. The lowest BCUT2D eigenvalue weighted by atomic mass is 10.1. The Bertz CT molecular complexity index is 1470. The second kappa shape index (κ2) is 9.67. The summed E-state index contributed by atoms with van der Waals surface area (Å²) in [6, 6.07) is 26.0. The minimum absolute atomic E-state index is 0.175. The molecule has 0 aliphatic carbocycles. The third-order valence-electron chi connectivity index (χ3n) is 5.84. The van der Waals surface area contributed by atoms with Crippen molar-refractivity contribution in [1.29, 1.82) is 0 Å². The van der Waals surface area contributed by atoms with Gasteiger partial charge in [-0.05, 0) is 34.9 Å². The van der Waals surface area contributed by atoms with E-state index < -0.39 is 0 Å². The number of aromatic nitrogens is 3. The number of fused-ring (bicyclic) bond motifs is 1. The van der Waals surface area contributed by atoms with Gasteiger partial charge in [-0.25, -0.2) is 4.98 Å². The van der Waals surface area contributed by atoms with Crippen molar-refractivity contribution in [1.82, 2.24) is 14.5 Å². The van der Waals surface area contributed by atoms with E-state index in [1.54, 1.807) is 11.7 Å². The molecule has 34 heavy (non-hydrogen) atoms. The van der Waals surface area contributed by atoms with Crippen LogP contribution in [0.25, 0.3) is 10.9 Å². The predicted octanol–water partition coefficient (Wildman–Crippen LogP) is 4.95. The zero-order valence-electron chi connectivity index (χ0n) is 18.9. The van der Waals surface area contributed by atoms with E-state index in [1.165, 1.54) is 6.20 Å². The van der Waals surface area contributed by atoms with Gasteiger partial charge in [-0.15, -0.1) is 0 Å². The first kappa shape index (κ1) is 21.5. The molecule has 170 valence electrons. The van der Waals surface area contributed by atoms with Crippen LogP contribution in [-0.2, 0) is 19.6 Å². The van der Waals surface area contributed by atoms with Gasteiger partial charge in [-0.3, -0.25) is 4.79 Å². The topological polar surface area (TPSA) is 69.1 Å². The van der Waals surface area contributed by atoms with Crippen LogP contribution in [0.3, 0.4) is 0 Å². The fourth-order valence-corrected chi connectivity index (χ4v) is 4.14. The van der Waals surface area contributed by atoms with Crippen LogP contribution in [0.1, 0.15) is 22.4 Å². The van der Waals surface area contributed by atoms with E-state index in [1.807, 2.05) is 79.0 Å². The molecule has 2 heterocycles. The molecule has 0 aliphatic heterocycles. The lowest BCUT2D eigenvalue weighted by Gasteiger charge is -2.16. The Kier molecular flexibility index (Phi) is 6.12. The van der Waals surface area contributed by atoms with E-state index >= 15 is 0 Å². The Labute approximate surface area is 197 Å². The van der Waals surface area contributed by atoms with Crippen LogP contribution in [0.5, 0.6) is 11.6 Å². The summed E-state index contributed by atoms with van der Waals surface area (Å²) in [6.07, 6.45) is 3.80. The molecule has 0 saturated heterocycles. The summed E-state index contributed by atoms with van der Waals surface area (Å²) in [5.74, 6) is 1.20. The van der Waals surface area contributed by atoms with Crippen molar-refractivity contribution in [2.75, 3.05) is 7.11 Å². The Balaban J connectivity index is 1.44. The van der Waals surface area contributed by atoms with Crippen LogP contribution in [0.15, 0.2) is 96.1 Å². The van der Waals surface area contributed by atoms with Gasteiger partial charge in [-0.1, -0.05) is 60.7 Å². The van der Waals surface area contributed by atoms with Gasteiger partial charge in [0.15, 0.2) is 0 Å². The lowest BCUT2D eigenvalue weighted by molar-refractivity contribution is 0.306. The van der Waals surface area contributed by atoms with Crippen molar-refractivity contribution < 1.29 is 9.47 Å². The van der Waals surface area contributed by atoms with Crippen LogP contribution in [-0.4, -0.2) is 21.6 Å². The maximum atomic E-state index is 12.9. The highest BCUT2D eigenvalue weighted by molar-refractivity contribution is 5.83. The molecule has 5 rings (SSSR count). The van der Waals surface area contributed by atoms with Gasteiger partial charge in [0.1, 0.15) is 12.4 Å². The number of benzene rings is 3. The number of rotatable bonds is 8. The van der Waals surface area contributed by atoms with Gasteiger partial charge < -0.3 is 19.0 Å². The highest BCUT2D eigenvalue weighted by Gasteiger charge is 2.16. The molecule has 5 aromatic rings. The molecule has 6 heteroatoms. The fraction of sp³-hybridized carbons (Fsp3) is 0.143. The monoisotopic (exact) mass is 451 g/mol. The van der Waals surface area contributed by atoms with E-state index in [0.29, 0.717) is 25.5 Å². The van der Waals surface area contributed by atoms with Gasteiger partial charge in [0.05, 0.1) is 25.5 Å². The van der Waals surface area contributed by atoms with E-state index in [2.05, 4.69) is 16.0 Å². The summed E-state index contributed by atoms with van der Waals surface area (Å²) in [6.45, 7) is 0.872. The lowest BCUT2D eigenvalue weighted by Crippen LogP contribution is -2.25. The third-order valence-corrected chi connectivity index (χ3v) is 5.84. The number of nitrogens with zero attached hydrogens (tertiary/aromatic N) is 2. The molecule has 0 saturated carbocycles. The normalized spacial score (nSPS) is 11.0. The molecule has 0 radical (unpaired) electrons. The molecule has 0 aliphatic rings. The molecule has 3 aromatic carbocycles. The molecule has 0 fully saturated rings. The van der Waals surface area contributed by atoms with Crippen LogP contribution in [0.4, 0.5) is 0 Å². The average molecular weight is 452 g/mol. The molecule has 6 nitrogen and oxygen atoms in total. The minimum atomic E-state index is -0.175. The highest BCUT2D eigenvalue weighted by Crippen LogP contribution is 2.25. The predicted molar refractivity (Wildman–Crippen MR) is 132 cm³/mol. The van der Waals surface area contributed by atoms with Gasteiger partial charge in [0.25, 0.3) is 5.56 Å². The van der Waals surface area contributed by atoms with Gasteiger partial charge in [0, 0.05) is 23.5 Å². The number of H-pyrrole nitrogens is 1. The van der Waals surface area contributed by atoms with Crippen molar-refractivity contribution in [3.05, 3.63) is 124 Å². The van der Waals surface area contributed by atoms with Gasteiger partial charge >= 0.3 is 0 Å². The first-order chi connectivity index (χ1) is 16.7. The number of methoxy groups -OCH3 is 1. The molecular weight excluding hydrogens is 426 g/mol. The number of para-hydroxylation sites is 1. The van der Waals surface area contributed by atoms with E-state index in [-0.39, 0.29) is 5.56 Å². The number of hydrogen-bond donors (Lipinski definition) is 1. The maximum absolute atomic E-state index is 12.9. The average Bonchev–Trinajstić information content (AvgIpc) is 3.29. The summed E-state index contributed by atoms with van der Waals surface area (Å²) in [5, 5.41) is 1.11. The zero-order chi connectivity index (χ0) is 23.3. The second-order valence-electron chi connectivity index (χ2n) is 8.10. The largest absolute Gasteiger partial charge is 0.489 e. The third kappa shape index (κ3) is 4.57.